The molecule has 1 aromatic rings. The third-order valence-corrected chi connectivity index (χ3v) is 2.95. The number of hydrogen-bond donors (Lipinski definition) is 4. The van der Waals surface area contributed by atoms with Crippen molar-refractivity contribution in [2.45, 2.75) is 56.9 Å². The van der Waals surface area contributed by atoms with Crippen LogP contribution in [0.15, 0.2) is 61.2 Å². The molecule has 0 saturated heterocycles. The summed E-state index contributed by atoms with van der Waals surface area (Å²) in [4.78, 5) is 78.2. The first-order chi connectivity index (χ1) is 20.8. The van der Waals surface area contributed by atoms with Gasteiger partial charge < -0.3 is 44.3 Å². The monoisotopic (exact) mass is 713 g/mol. The predicted octanol–water partition coefficient (Wildman–Crippen LogP) is 4.64. The lowest BCUT2D eigenvalue weighted by atomic mass is 10.4. The molecule has 0 atom stereocenters. The van der Waals surface area contributed by atoms with Crippen molar-refractivity contribution in [3.05, 3.63) is 61.2 Å². The third kappa shape index (κ3) is 107. The van der Waals surface area contributed by atoms with Gasteiger partial charge in [0.05, 0.1) is 35.5 Å². The molecule has 0 aromatic heterocycles. The number of amides is 1. The van der Waals surface area contributed by atoms with Crippen LogP contribution in [0.25, 0.3) is 0 Å². The third-order valence-electron chi connectivity index (χ3n) is 2.95. The Morgan fingerprint density at radius 2 is 0.980 bits per heavy atom. The summed E-state index contributed by atoms with van der Waals surface area (Å²) in [5.41, 5.74) is 0.433. The zero-order valence-electron chi connectivity index (χ0n) is 26.5. The predicted molar refractivity (Wildman–Crippen MR) is 186 cm³/mol. The van der Waals surface area contributed by atoms with Crippen LogP contribution in [-0.2, 0) is 57.2 Å². The van der Waals surface area contributed by atoms with Crippen molar-refractivity contribution in [3.8, 4) is 0 Å². The molecule has 0 aliphatic carbocycles. The minimum Gasteiger partial charge on any atom is -0.481 e. The molecule has 0 heterocycles. The van der Waals surface area contributed by atoms with E-state index in [0.29, 0.717) is 5.57 Å². The molecule has 0 radical (unpaired) electrons. The van der Waals surface area contributed by atoms with Gasteiger partial charge >= 0.3 is 41.9 Å². The van der Waals surface area contributed by atoms with E-state index in [0.717, 1.165) is 27.2 Å². The first-order valence-corrected chi connectivity index (χ1v) is 11.8. The zero-order valence-corrected chi connectivity index (χ0v) is 26.5. The van der Waals surface area contributed by atoms with Crippen LogP contribution < -0.4 is 5.32 Å². The molecule has 0 unspecified atom stereocenters. The van der Waals surface area contributed by atoms with Crippen LogP contribution >= 0.6 is 0 Å². The van der Waals surface area contributed by atoms with E-state index < -0.39 is 48.9 Å². The Balaban J connectivity index is -0.0000000452. The molecule has 0 fully saturated rings. The molecule has 1 rings (SSSR count). The van der Waals surface area contributed by atoms with Gasteiger partial charge in [0.2, 0.25) is 0 Å². The number of aliphatic carboxylic acids is 3. The van der Waals surface area contributed by atoms with Gasteiger partial charge in [-0.25, -0.2) is 14.4 Å². The van der Waals surface area contributed by atoms with Gasteiger partial charge in [-0.1, -0.05) is 79.3 Å². The van der Waals surface area contributed by atoms with Crippen molar-refractivity contribution >= 4 is 47.9 Å². The smallest absolute Gasteiger partial charge is 0.407 e. The Labute approximate surface area is 290 Å². The van der Waals surface area contributed by atoms with Crippen molar-refractivity contribution in [2.75, 3.05) is 42.1 Å². The molecule has 1 aromatic carbocycles. The minimum absolute atomic E-state index is 0. The van der Waals surface area contributed by atoms with Crippen molar-refractivity contribution in [1.29, 1.82) is 0 Å². The second-order valence-corrected chi connectivity index (χ2v) is 6.75. The maximum atomic E-state index is 10.2. The summed E-state index contributed by atoms with van der Waals surface area (Å²) in [5.74, 6) is -4.81. The van der Waals surface area contributed by atoms with Gasteiger partial charge in [0.1, 0.15) is 13.0 Å². The lowest BCUT2D eigenvalue weighted by Gasteiger charge is -1.96. The lowest BCUT2D eigenvalue weighted by Crippen LogP contribution is -2.28. The first kappa shape index (κ1) is 69.8. The largest absolute Gasteiger partial charge is 0.481 e. The summed E-state index contributed by atoms with van der Waals surface area (Å²) in [6.45, 7) is 10.1. The zero-order chi connectivity index (χ0) is 36.8. The van der Waals surface area contributed by atoms with Crippen molar-refractivity contribution in [1.82, 2.24) is 5.32 Å². The molecular weight excluding hydrogens is 654 g/mol. The summed E-state index contributed by atoms with van der Waals surface area (Å²) in [6.07, 6.45) is -0.186. The van der Waals surface area contributed by atoms with Crippen LogP contribution in [0.3, 0.4) is 0 Å². The molecular formula is C32H59NO16. The normalized spacial score (nSPS) is 6.94. The number of alkyl carbamates (subject to hydrolysis) is 1. The number of hydrogen-bond acceptors (Lipinski definition) is 13. The average molecular weight is 714 g/mol. The fraction of sp³-hybridized carbons (Fsp3) is 0.438. The number of carboxylic acids is 3. The van der Waals surface area contributed by atoms with Gasteiger partial charge in [-0.05, 0) is 6.92 Å². The molecule has 0 saturated carbocycles. The highest BCUT2D eigenvalue weighted by atomic mass is 16.5. The fourth-order valence-electron chi connectivity index (χ4n) is 1.06. The SMILES string of the molecule is C.C.C.C.C=C(C)C(=O)OC.C=CC(=O)OC.CC(=O)O.COC(=O)CC(=O)O.COC(=O)NCC(=O)O.COC(C)=O.c1ccccc1. The highest BCUT2D eigenvalue weighted by molar-refractivity contribution is 5.90. The Bertz CT molecular complexity index is 979. The van der Waals surface area contributed by atoms with Crippen molar-refractivity contribution < 1.29 is 77.4 Å². The van der Waals surface area contributed by atoms with Crippen LogP contribution in [0.4, 0.5) is 4.79 Å². The summed E-state index contributed by atoms with van der Waals surface area (Å²) >= 11 is 0. The first-order valence-electron chi connectivity index (χ1n) is 11.8. The Morgan fingerprint density at radius 3 is 1.08 bits per heavy atom. The Hall–Kier alpha value is -5.74. The summed E-state index contributed by atoms with van der Waals surface area (Å²) in [5, 5.41) is 25.3. The number of ether oxygens (including phenoxy) is 5. The van der Waals surface area contributed by atoms with Gasteiger partial charge in [-0.15, -0.1) is 0 Å². The second kappa shape index (κ2) is 54.7. The number of nitrogens with one attached hydrogen (secondary N) is 1. The molecule has 0 bridgehead atoms. The number of carbonyl (C=O) groups is 8. The number of esters is 4. The van der Waals surface area contributed by atoms with E-state index in [4.69, 9.17) is 20.1 Å². The van der Waals surface area contributed by atoms with E-state index in [1.807, 2.05) is 41.7 Å². The molecule has 17 heteroatoms. The average Bonchev–Trinajstić information content (AvgIpc) is 3.00. The van der Waals surface area contributed by atoms with E-state index in [9.17, 15) is 33.6 Å². The standard InChI is InChI=1S/C6H6.C5H8O2.C4H7NO4.C4H6O4.C4H6O2.C3H6O2.C2H4O2.4CH4/c1-2-4-6-5-3-1;1-4(2)5(6)7-3;1-9-4(8)5-2-3(6)7;1-8-4(7)2-3(5)6;1-3-4(5)6-2;1-3(4)5-2;1-2(3)4;;;;/h1-6H;1H2,2-3H3;2H2,1H3,(H,5,8)(H,6,7);2H2,1H3,(H,5,6);3H,1H2,2H3;1-2H3;1H3,(H,3,4);4*1H4. The molecule has 288 valence electrons. The van der Waals surface area contributed by atoms with Crippen LogP contribution in [0.1, 0.15) is 56.9 Å². The Kier molecular flexibility index (Phi) is 78.0. The Morgan fingerprint density at radius 1 is 0.633 bits per heavy atom. The number of methoxy groups -OCH3 is 5. The van der Waals surface area contributed by atoms with Gasteiger partial charge in [0.15, 0.2) is 0 Å². The quantitative estimate of drug-likeness (QED) is 0.135. The molecule has 0 spiro atoms. The summed E-state index contributed by atoms with van der Waals surface area (Å²) < 4.78 is 20.7. The highest BCUT2D eigenvalue weighted by Gasteiger charge is 2.04. The van der Waals surface area contributed by atoms with Crippen LogP contribution in [-0.4, -0.2) is 105 Å². The molecule has 1 amide bonds. The fourth-order valence-corrected chi connectivity index (χ4v) is 1.06. The van der Waals surface area contributed by atoms with E-state index in [1.165, 1.54) is 28.3 Å². The maximum Gasteiger partial charge on any atom is 0.407 e. The van der Waals surface area contributed by atoms with Gasteiger partial charge in [-0.2, -0.15) is 0 Å². The van der Waals surface area contributed by atoms with Gasteiger partial charge in [-0.3, -0.25) is 24.0 Å². The van der Waals surface area contributed by atoms with Gasteiger partial charge in [0, 0.05) is 25.5 Å². The minimum atomic E-state index is -1.17. The summed E-state index contributed by atoms with van der Waals surface area (Å²) in [6, 6.07) is 12.0. The second-order valence-electron chi connectivity index (χ2n) is 6.75. The molecule has 49 heavy (non-hydrogen) atoms. The van der Waals surface area contributed by atoms with E-state index >= 15 is 0 Å². The maximum absolute atomic E-state index is 10.2. The molecule has 0 aliphatic rings. The van der Waals surface area contributed by atoms with E-state index in [1.54, 1.807) is 6.92 Å². The van der Waals surface area contributed by atoms with Crippen molar-refractivity contribution in [2.24, 2.45) is 0 Å². The number of carboxylic acid groups (broad SMARTS) is 3. The number of carbonyl (C=O) groups excluding carboxylic acids is 5. The van der Waals surface area contributed by atoms with Crippen LogP contribution in [0, 0.1) is 0 Å². The van der Waals surface area contributed by atoms with Gasteiger partial charge in [0.25, 0.3) is 5.97 Å². The number of rotatable bonds is 6. The van der Waals surface area contributed by atoms with E-state index in [-0.39, 0.29) is 41.6 Å². The topological polar surface area (TPSA) is 255 Å². The molecule has 4 N–H and O–H groups in total. The molecule has 0 aliphatic heterocycles. The van der Waals surface area contributed by atoms with Crippen molar-refractivity contribution in [3.63, 3.8) is 0 Å². The summed E-state index contributed by atoms with van der Waals surface area (Å²) in [7, 11) is 6.30. The van der Waals surface area contributed by atoms with Crippen LogP contribution in [0.5, 0.6) is 0 Å². The molecule has 17 nitrogen and oxygen atoms in total. The lowest BCUT2D eigenvalue weighted by molar-refractivity contribution is -0.149. The number of benzene rings is 1. The highest BCUT2D eigenvalue weighted by Crippen LogP contribution is 1.87. The van der Waals surface area contributed by atoms with E-state index in [2.05, 4.69) is 36.8 Å². The van der Waals surface area contributed by atoms with Crippen LogP contribution in [0.2, 0.25) is 0 Å².